The molecule has 1 amide bonds. The second-order valence-electron chi connectivity index (χ2n) is 5.74. The summed E-state index contributed by atoms with van der Waals surface area (Å²) in [5, 5.41) is 10.7. The minimum Gasteiger partial charge on any atom is -0.507 e. The third-order valence-corrected chi connectivity index (χ3v) is 4.14. The number of nitrogens with zero attached hydrogens (tertiary/aromatic N) is 3. The van der Waals surface area contributed by atoms with Crippen LogP contribution in [0.5, 0.6) is 0 Å². The summed E-state index contributed by atoms with van der Waals surface area (Å²) >= 11 is 0. The zero-order chi connectivity index (χ0) is 19.0. The Labute approximate surface area is 152 Å². The van der Waals surface area contributed by atoms with Crippen molar-refractivity contribution in [1.82, 2.24) is 9.97 Å². The Morgan fingerprint density at radius 1 is 1.07 bits per heavy atom. The molecule has 1 unspecified atom stereocenters. The number of Topliss-reactive ketones (excluding diaryl/α,β-unsaturated/α-hetero) is 1. The zero-order valence-corrected chi connectivity index (χ0v) is 13.7. The van der Waals surface area contributed by atoms with Crippen LogP contribution < -0.4 is 4.90 Å². The largest absolute Gasteiger partial charge is 0.507 e. The van der Waals surface area contributed by atoms with Crippen molar-refractivity contribution in [2.24, 2.45) is 0 Å². The average Bonchev–Trinajstić information content (AvgIpc) is 3.30. The minimum absolute atomic E-state index is 0.000781. The number of carbonyl (C=O) groups is 2. The highest BCUT2D eigenvalue weighted by molar-refractivity contribution is 6.51. The number of furan rings is 1. The van der Waals surface area contributed by atoms with Gasteiger partial charge in [0.15, 0.2) is 0 Å². The molecule has 3 aromatic rings. The van der Waals surface area contributed by atoms with E-state index >= 15 is 0 Å². The molecule has 1 saturated heterocycles. The van der Waals surface area contributed by atoms with Crippen molar-refractivity contribution in [2.75, 3.05) is 4.90 Å². The van der Waals surface area contributed by atoms with Crippen molar-refractivity contribution >= 4 is 23.4 Å². The Hall–Kier alpha value is -3.81. The van der Waals surface area contributed by atoms with Gasteiger partial charge in [-0.15, -0.1) is 0 Å². The highest BCUT2D eigenvalue weighted by atomic mass is 19.1. The predicted octanol–water partition coefficient (Wildman–Crippen LogP) is 2.84. The summed E-state index contributed by atoms with van der Waals surface area (Å²) in [6.07, 6.45) is 4.25. The second-order valence-corrected chi connectivity index (χ2v) is 5.74. The standard InChI is InChI=1S/C19H12FN3O4/c20-12-6-4-11(5-7-12)16(24)14-15(13-3-1-10-27-13)23(18(26)17(14)25)19-21-8-2-9-22-19/h1-10,15,24H/b16-14-. The minimum atomic E-state index is -1.05. The average molecular weight is 365 g/mol. The molecular weight excluding hydrogens is 353 g/mol. The lowest BCUT2D eigenvalue weighted by Gasteiger charge is -2.20. The maximum atomic E-state index is 13.2. The Bertz CT molecular complexity index is 1030. The fourth-order valence-corrected chi connectivity index (χ4v) is 2.93. The van der Waals surface area contributed by atoms with Crippen LogP contribution >= 0.6 is 0 Å². The lowest BCUT2D eigenvalue weighted by Crippen LogP contribution is -2.30. The van der Waals surface area contributed by atoms with Crippen molar-refractivity contribution in [3.63, 3.8) is 0 Å². The van der Waals surface area contributed by atoms with Gasteiger partial charge < -0.3 is 9.52 Å². The molecule has 0 spiro atoms. The zero-order valence-electron chi connectivity index (χ0n) is 13.7. The van der Waals surface area contributed by atoms with E-state index in [1.165, 1.54) is 30.8 Å². The SMILES string of the molecule is O=C1C(=O)N(c2ncccn2)C(c2ccco2)/C1=C(/O)c1ccc(F)cc1. The van der Waals surface area contributed by atoms with Crippen LogP contribution in [0, 0.1) is 5.82 Å². The summed E-state index contributed by atoms with van der Waals surface area (Å²) in [6.45, 7) is 0. The van der Waals surface area contributed by atoms with Crippen LogP contribution in [0.25, 0.3) is 5.76 Å². The van der Waals surface area contributed by atoms with E-state index < -0.39 is 29.3 Å². The van der Waals surface area contributed by atoms with Crippen molar-refractivity contribution < 1.29 is 23.5 Å². The molecule has 134 valence electrons. The predicted molar refractivity (Wildman–Crippen MR) is 91.9 cm³/mol. The Balaban J connectivity index is 1.92. The van der Waals surface area contributed by atoms with Crippen LogP contribution in [0.3, 0.4) is 0 Å². The lowest BCUT2D eigenvalue weighted by molar-refractivity contribution is -0.132. The number of aliphatic hydroxyl groups excluding tert-OH is 1. The summed E-state index contributed by atoms with van der Waals surface area (Å²) < 4.78 is 18.6. The van der Waals surface area contributed by atoms with E-state index in [9.17, 15) is 19.1 Å². The number of aliphatic hydroxyl groups is 1. The first-order valence-corrected chi connectivity index (χ1v) is 7.95. The van der Waals surface area contributed by atoms with Gasteiger partial charge in [0.25, 0.3) is 5.78 Å². The molecule has 1 aliphatic heterocycles. The summed E-state index contributed by atoms with van der Waals surface area (Å²) in [5.74, 6) is -2.48. The van der Waals surface area contributed by atoms with Gasteiger partial charge in [-0.05, 0) is 42.5 Å². The lowest BCUT2D eigenvalue weighted by atomic mass is 9.99. The van der Waals surface area contributed by atoms with Gasteiger partial charge in [-0.3, -0.25) is 14.5 Å². The quantitative estimate of drug-likeness (QED) is 0.436. The normalized spacial score (nSPS) is 18.9. The van der Waals surface area contributed by atoms with E-state index in [2.05, 4.69) is 9.97 Å². The molecule has 1 aliphatic rings. The van der Waals surface area contributed by atoms with Gasteiger partial charge in [0.05, 0.1) is 11.8 Å². The molecule has 1 atom stereocenters. The molecule has 7 nitrogen and oxygen atoms in total. The van der Waals surface area contributed by atoms with Gasteiger partial charge in [-0.25, -0.2) is 14.4 Å². The first-order chi connectivity index (χ1) is 13.1. The number of halogens is 1. The summed E-state index contributed by atoms with van der Waals surface area (Å²) in [4.78, 5) is 34.5. The first kappa shape index (κ1) is 16.6. The third-order valence-electron chi connectivity index (χ3n) is 4.14. The first-order valence-electron chi connectivity index (χ1n) is 7.95. The van der Waals surface area contributed by atoms with Crippen LogP contribution in [0.15, 0.2) is 71.1 Å². The highest BCUT2D eigenvalue weighted by Gasteiger charge is 2.49. The summed E-state index contributed by atoms with van der Waals surface area (Å²) in [5.41, 5.74) is 0.00828. The Morgan fingerprint density at radius 2 is 1.78 bits per heavy atom. The van der Waals surface area contributed by atoms with Crippen molar-refractivity contribution in [2.45, 2.75) is 6.04 Å². The second kappa shape index (κ2) is 6.49. The Kier molecular flexibility index (Phi) is 4.00. The number of carbonyl (C=O) groups excluding carboxylic acids is 2. The van der Waals surface area contributed by atoms with E-state index in [-0.39, 0.29) is 22.8 Å². The molecule has 1 aromatic carbocycles. The van der Waals surface area contributed by atoms with Crippen LogP contribution in [-0.2, 0) is 9.59 Å². The summed E-state index contributed by atoms with van der Waals surface area (Å²) in [7, 11) is 0. The number of rotatable bonds is 3. The molecule has 8 heteroatoms. The molecule has 2 aromatic heterocycles. The van der Waals surface area contributed by atoms with Crippen LogP contribution in [0.1, 0.15) is 17.4 Å². The van der Waals surface area contributed by atoms with Crippen LogP contribution in [0.2, 0.25) is 0 Å². The molecule has 1 N–H and O–H groups in total. The molecule has 0 aliphatic carbocycles. The topological polar surface area (TPSA) is 96.5 Å². The van der Waals surface area contributed by atoms with Gasteiger partial charge in [0.1, 0.15) is 23.4 Å². The molecule has 0 radical (unpaired) electrons. The number of benzene rings is 1. The van der Waals surface area contributed by atoms with E-state index in [0.717, 1.165) is 17.0 Å². The molecule has 3 heterocycles. The number of anilines is 1. The number of hydrogen-bond acceptors (Lipinski definition) is 6. The van der Waals surface area contributed by atoms with E-state index in [4.69, 9.17) is 4.42 Å². The molecule has 27 heavy (non-hydrogen) atoms. The highest BCUT2D eigenvalue weighted by Crippen LogP contribution is 2.40. The van der Waals surface area contributed by atoms with Gasteiger partial charge in [-0.1, -0.05) is 0 Å². The number of aromatic nitrogens is 2. The van der Waals surface area contributed by atoms with E-state index in [1.807, 2.05) is 0 Å². The molecule has 0 bridgehead atoms. The van der Waals surface area contributed by atoms with Gasteiger partial charge >= 0.3 is 5.91 Å². The molecular formula is C19H12FN3O4. The number of hydrogen-bond donors (Lipinski definition) is 1. The third kappa shape index (κ3) is 2.77. The van der Waals surface area contributed by atoms with Gasteiger partial charge in [0, 0.05) is 18.0 Å². The van der Waals surface area contributed by atoms with Crippen molar-refractivity contribution in [3.05, 3.63) is 83.8 Å². The van der Waals surface area contributed by atoms with Crippen LogP contribution in [-0.4, -0.2) is 26.8 Å². The van der Waals surface area contributed by atoms with Gasteiger partial charge in [0.2, 0.25) is 5.95 Å². The van der Waals surface area contributed by atoms with Crippen molar-refractivity contribution in [1.29, 1.82) is 0 Å². The number of amides is 1. The number of ketones is 1. The van der Waals surface area contributed by atoms with Crippen molar-refractivity contribution in [3.8, 4) is 0 Å². The van der Waals surface area contributed by atoms with Gasteiger partial charge in [-0.2, -0.15) is 0 Å². The summed E-state index contributed by atoms with van der Waals surface area (Å²) in [6, 6.07) is 8.62. The molecule has 0 saturated carbocycles. The van der Waals surface area contributed by atoms with E-state index in [1.54, 1.807) is 18.2 Å². The maximum Gasteiger partial charge on any atom is 0.302 e. The fraction of sp³-hybridized carbons (Fsp3) is 0.0526. The molecule has 4 rings (SSSR count). The smallest absolute Gasteiger partial charge is 0.302 e. The van der Waals surface area contributed by atoms with Crippen LogP contribution in [0.4, 0.5) is 10.3 Å². The monoisotopic (exact) mass is 365 g/mol. The molecule has 1 fully saturated rings. The Morgan fingerprint density at radius 3 is 2.41 bits per heavy atom. The maximum absolute atomic E-state index is 13.2. The fourth-order valence-electron chi connectivity index (χ4n) is 2.93. The van der Waals surface area contributed by atoms with E-state index in [0.29, 0.717) is 0 Å².